The number of hydrogen-bond donors (Lipinski definition) is 4. The number of nitrogens with one attached hydrogen (secondary N) is 3. The lowest BCUT2D eigenvalue weighted by Crippen LogP contribution is -2.21. The largest absolute Gasteiger partial charge is 0.490 e. The number of aliphatic carboxylic acids is 1. The lowest BCUT2D eigenvalue weighted by atomic mass is 10.1. The number of H-pyrrole nitrogens is 1. The monoisotopic (exact) mass is 436 g/mol. The summed E-state index contributed by atoms with van der Waals surface area (Å²) in [5.74, 6) is -2.29. The summed E-state index contributed by atoms with van der Waals surface area (Å²) < 4.78 is 31.7. The second-order valence-electron chi connectivity index (χ2n) is 6.98. The summed E-state index contributed by atoms with van der Waals surface area (Å²) in [5, 5.41) is 14.5. The fraction of sp³-hybridized carbons (Fsp3) is 0.286. The van der Waals surface area contributed by atoms with Crippen molar-refractivity contribution in [2.45, 2.75) is 40.0 Å². The van der Waals surface area contributed by atoms with Crippen LogP contribution in [0.15, 0.2) is 36.5 Å². The number of hydrogen-bond acceptors (Lipinski definition) is 4. The fourth-order valence-corrected chi connectivity index (χ4v) is 2.88. The summed E-state index contributed by atoms with van der Waals surface area (Å²) in [6, 6.07) is 10.4. The molecule has 2 aromatic heterocycles. The molecule has 0 fully saturated rings. The van der Waals surface area contributed by atoms with Gasteiger partial charge in [0.1, 0.15) is 5.82 Å². The number of aromatic nitrogens is 2. The number of fused-ring (bicyclic) bond motifs is 1. The third-order valence-electron chi connectivity index (χ3n) is 4.16. The van der Waals surface area contributed by atoms with Crippen LogP contribution in [0.4, 0.5) is 19.0 Å². The molecule has 0 aliphatic rings. The lowest BCUT2D eigenvalue weighted by molar-refractivity contribution is -0.192. The van der Waals surface area contributed by atoms with E-state index in [1.54, 1.807) is 6.20 Å². The number of benzene rings is 1. The Kier molecular flexibility index (Phi) is 7.76. The van der Waals surface area contributed by atoms with Gasteiger partial charge in [0, 0.05) is 42.8 Å². The van der Waals surface area contributed by atoms with E-state index in [4.69, 9.17) is 9.90 Å². The van der Waals surface area contributed by atoms with Gasteiger partial charge in [0.2, 0.25) is 5.91 Å². The number of aryl methyl sites for hydroxylation is 2. The van der Waals surface area contributed by atoms with Crippen LogP contribution in [-0.2, 0) is 22.7 Å². The van der Waals surface area contributed by atoms with Crippen molar-refractivity contribution in [3.05, 3.63) is 58.9 Å². The summed E-state index contributed by atoms with van der Waals surface area (Å²) in [6.07, 6.45) is -3.31. The molecule has 3 aromatic rings. The van der Waals surface area contributed by atoms with Crippen molar-refractivity contribution in [2.24, 2.45) is 0 Å². The van der Waals surface area contributed by atoms with E-state index in [1.807, 2.05) is 12.1 Å². The SMILES string of the molecule is CC(=O)Nc1ccc(CNCc2cc3c(C)cc(C)cc3[nH]2)cn1.O=C(O)C(F)(F)F. The third kappa shape index (κ3) is 7.41. The number of aromatic amines is 1. The highest BCUT2D eigenvalue weighted by Gasteiger charge is 2.38. The highest BCUT2D eigenvalue weighted by molar-refractivity contribution is 5.87. The molecule has 1 aromatic carbocycles. The molecule has 0 atom stereocenters. The van der Waals surface area contributed by atoms with Crippen molar-refractivity contribution in [2.75, 3.05) is 5.32 Å². The smallest absolute Gasteiger partial charge is 0.475 e. The molecule has 0 spiro atoms. The molecule has 0 bridgehead atoms. The zero-order chi connectivity index (χ0) is 23.2. The Balaban J connectivity index is 0.000000423. The van der Waals surface area contributed by atoms with E-state index < -0.39 is 12.1 Å². The van der Waals surface area contributed by atoms with Gasteiger partial charge < -0.3 is 20.7 Å². The summed E-state index contributed by atoms with van der Waals surface area (Å²) >= 11 is 0. The molecule has 7 nitrogen and oxygen atoms in total. The maximum absolute atomic E-state index is 11.0. The Morgan fingerprint density at radius 1 is 1.13 bits per heavy atom. The zero-order valence-electron chi connectivity index (χ0n) is 17.2. The number of carbonyl (C=O) groups excluding carboxylic acids is 1. The first-order chi connectivity index (χ1) is 14.5. The molecule has 1 amide bonds. The number of carboxylic acids is 1. The number of amides is 1. The minimum absolute atomic E-state index is 0.113. The maximum Gasteiger partial charge on any atom is 0.490 e. The standard InChI is InChI=1S/C19H22N4O.C2HF3O2/c1-12-6-13(2)17-8-16(23-18(17)7-12)11-20-9-15-4-5-19(21-10-15)22-14(3)24;3-2(4,5)1(6)7/h4-8,10,20,23H,9,11H2,1-3H3,(H,21,22,24);(H,6,7). The molecule has 166 valence electrons. The van der Waals surface area contributed by atoms with Gasteiger partial charge in [-0.15, -0.1) is 0 Å². The van der Waals surface area contributed by atoms with Crippen LogP contribution in [0, 0.1) is 13.8 Å². The predicted molar refractivity (Wildman–Crippen MR) is 111 cm³/mol. The van der Waals surface area contributed by atoms with Crippen LogP contribution >= 0.6 is 0 Å². The second-order valence-corrected chi connectivity index (χ2v) is 6.98. The average Bonchev–Trinajstić information content (AvgIpc) is 3.05. The normalized spacial score (nSPS) is 11.0. The molecule has 4 N–H and O–H groups in total. The molecule has 0 unspecified atom stereocenters. The summed E-state index contributed by atoms with van der Waals surface area (Å²) in [6.45, 7) is 7.22. The summed E-state index contributed by atoms with van der Waals surface area (Å²) in [7, 11) is 0. The number of anilines is 1. The van der Waals surface area contributed by atoms with Crippen LogP contribution in [0.3, 0.4) is 0 Å². The van der Waals surface area contributed by atoms with Crippen molar-refractivity contribution in [3.8, 4) is 0 Å². The topological polar surface area (TPSA) is 107 Å². The average molecular weight is 436 g/mol. The van der Waals surface area contributed by atoms with E-state index in [9.17, 15) is 18.0 Å². The first-order valence-electron chi connectivity index (χ1n) is 9.28. The van der Waals surface area contributed by atoms with E-state index in [0.29, 0.717) is 5.82 Å². The third-order valence-corrected chi connectivity index (χ3v) is 4.16. The number of carboxylic acid groups (broad SMARTS) is 1. The molecule has 2 heterocycles. The highest BCUT2D eigenvalue weighted by atomic mass is 19.4. The van der Waals surface area contributed by atoms with Gasteiger partial charge in [0.05, 0.1) is 0 Å². The second kappa shape index (κ2) is 10.1. The Morgan fingerprint density at radius 2 is 1.81 bits per heavy atom. The van der Waals surface area contributed by atoms with Crippen molar-refractivity contribution >= 4 is 28.6 Å². The Bertz CT molecular complexity index is 1060. The molecule has 3 rings (SSSR count). The molecular weight excluding hydrogens is 413 g/mol. The predicted octanol–water partition coefficient (Wildman–Crippen LogP) is 4.06. The summed E-state index contributed by atoms with van der Waals surface area (Å²) in [5.41, 5.74) is 6.00. The van der Waals surface area contributed by atoms with Gasteiger partial charge in [0.15, 0.2) is 0 Å². The van der Waals surface area contributed by atoms with Crippen LogP contribution in [0.2, 0.25) is 0 Å². The Labute approximate surface area is 176 Å². The molecule has 10 heteroatoms. The van der Waals surface area contributed by atoms with Gasteiger partial charge in [-0.3, -0.25) is 4.79 Å². The first kappa shape index (κ1) is 23.9. The van der Waals surface area contributed by atoms with Gasteiger partial charge in [-0.05, 0) is 48.7 Å². The molecule has 0 saturated heterocycles. The number of rotatable bonds is 5. The van der Waals surface area contributed by atoms with Gasteiger partial charge in [-0.2, -0.15) is 13.2 Å². The van der Waals surface area contributed by atoms with Crippen LogP contribution in [0.25, 0.3) is 10.9 Å². The van der Waals surface area contributed by atoms with E-state index in [0.717, 1.165) is 18.7 Å². The number of halogens is 3. The lowest BCUT2D eigenvalue weighted by Gasteiger charge is -2.05. The van der Waals surface area contributed by atoms with E-state index >= 15 is 0 Å². The fourth-order valence-electron chi connectivity index (χ4n) is 2.88. The number of pyridine rings is 1. The maximum atomic E-state index is 11.0. The van der Waals surface area contributed by atoms with Gasteiger partial charge in [-0.25, -0.2) is 9.78 Å². The van der Waals surface area contributed by atoms with Crippen molar-refractivity contribution in [3.63, 3.8) is 0 Å². The van der Waals surface area contributed by atoms with Crippen molar-refractivity contribution in [1.82, 2.24) is 15.3 Å². The molecular formula is C21H23F3N4O3. The highest BCUT2D eigenvalue weighted by Crippen LogP contribution is 2.21. The van der Waals surface area contributed by atoms with E-state index in [2.05, 4.69) is 52.6 Å². The van der Waals surface area contributed by atoms with Gasteiger partial charge >= 0.3 is 12.1 Å². The van der Waals surface area contributed by atoms with E-state index in [1.165, 1.54) is 34.6 Å². The van der Waals surface area contributed by atoms with E-state index in [-0.39, 0.29) is 5.91 Å². The van der Waals surface area contributed by atoms with Crippen molar-refractivity contribution in [1.29, 1.82) is 0 Å². The minimum Gasteiger partial charge on any atom is -0.475 e. The zero-order valence-corrected chi connectivity index (χ0v) is 17.2. The Hall–Kier alpha value is -3.40. The Morgan fingerprint density at radius 3 is 2.35 bits per heavy atom. The number of alkyl halides is 3. The number of nitrogens with zero attached hydrogens (tertiary/aromatic N) is 1. The van der Waals surface area contributed by atoms with Gasteiger partial charge in [-0.1, -0.05) is 12.1 Å². The number of carbonyl (C=O) groups is 2. The molecule has 31 heavy (non-hydrogen) atoms. The first-order valence-corrected chi connectivity index (χ1v) is 9.28. The van der Waals surface area contributed by atoms with Gasteiger partial charge in [0.25, 0.3) is 0 Å². The van der Waals surface area contributed by atoms with Crippen LogP contribution < -0.4 is 10.6 Å². The van der Waals surface area contributed by atoms with Crippen LogP contribution in [0.5, 0.6) is 0 Å². The summed E-state index contributed by atoms with van der Waals surface area (Å²) in [4.78, 5) is 27.6. The molecule has 0 radical (unpaired) electrons. The molecule has 0 aliphatic carbocycles. The molecule has 0 saturated carbocycles. The van der Waals surface area contributed by atoms with Crippen LogP contribution in [0.1, 0.15) is 29.3 Å². The van der Waals surface area contributed by atoms with Crippen LogP contribution in [-0.4, -0.2) is 33.1 Å². The quantitative estimate of drug-likeness (QED) is 0.483. The minimum atomic E-state index is -5.08. The molecule has 0 aliphatic heterocycles. The van der Waals surface area contributed by atoms with Crippen molar-refractivity contribution < 1.29 is 27.9 Å².